The normalized spacial score (nSPS) is 9.44. The van der Waals surface area contributed by atoms with Crippen LogP contribution in [0.1, 0.15) is 48.5 Å². The van der Waals surface area contributed by atoms with Crippen molar-refractivity contribution in [1.29, 1.82) is 0 Å². The van der Waals surface area contributed by atoms with E-state index in [1.807, 2.05) is 27.7 Å². The van der Waals surface area contributed by atoms with Gasteiger partial charge in [0.25, 0.3) is 0 Å². The maximum atomic E-state index is 4.10. The second-order valence-electron chi connectivity index (χ2n) is 3.97. The molecule has 0 saturated heterocycles. The quantitative estimate of drug-likeness (QED) is 0.676. The zero-order valence-corrected chi connectivity index (χ0v) is 15.0. The van der Waals surface area contributed by atoms with Gasteiger partial charge in [0.15, 0.2) is 0 Å². The molecule has 0 unspecified atom stereocenters. The van der Waals surface area contributed by atoms with Gasteiger partial charge in [-0.1, -0.05) is 27.7 Å². The first-order valence-corrected chi connectivity index (χ1v) is 7.31. The van der Waals surface area contributed by atoms with E-state index in [1.54, 1.807) is 0 Å². The molecule has 0 N–H and O–H groups in total. The molecule has 100 valence electrons. The van der Waals surface area contributed by atoms with E-state index >= 15 is 0 Å². The molecule has 0 atom stereocenters. The third-order valence-corrected chi connectivity index (χ3v) is 3.14. The van der Waals surface area contributed by atoms with Crippen molar-refractivity contribution in [2.75, 3.05) is 26.2 Å². The van der Waals surface area contributed by atoms with Crippen molar-refractivity contribution < 1.29 is 19.6 Å². The van der Waals surface area contributed by atoms with Crippen LogP contribution in [-0.2, 0) is 19.6 Å². The summed E-state index contributed by atoms with van der Waals surface area (Å²) in [6, 6.07) is 0. The maximum Gasteiger partial charge on any atom is -0.0844 e. The minimum Gasteiger partial charge on any atom is -0.663 e. The van der Waals surface area contributed by atoms with E-state index in [0.717, 1.165) is 26.2 Å². The van der Waals surface area contributed by atoms with E-state index in [-0.39, 0.29) is 5.54 Å². The van der Waals surface area contributed by atoms with Crippen molar-refractivity contribution in [2.45, 2.75) is 54.0 Å². The van der Waals surface area contributed by atoms with E-state index in [1.165, 1.54) is 19.6 Å². The smallest absolute Gasteiger partial charge is 0.0844 e. The van der Waals surface area contributed by atoms with E-state index in [2.05, 4.69) is 34.9 Å². The van der Waals surface area contributed by atoms with Crippen LogP contribution in [0.2, 0.25) is 0 Å². The summed E-state index contributed by atoms with van der Waals surface area (Å²) in [5, 5.41) is 7.94. The molecule has 0 aliphatic rings. The summed E-state index contributed by atoms with van der Waals surface area (Å²) in [7, 11) is 0. The average molecular weight is 399 g/mol. The Balaban J connectivity index is -0.000000160. The van der Waals surface area contributed by atoms with Gasteiger partial charge in [-0.3, -0.25) is 0 Å². The molecule has 0 bridgehead atoms. The van der Waals surface area contributed by atoms with E-state index in [0.29, 0.717) is 0 Å². The molecule has 3 nitrogen and oxygen atoms in total. The number of hydrogen-bond acceptors (Lipinski definition) is 1. The second kappa shape index (κ2) is 17.8. The van der Waals surface area contributed by atoms with Crippen LogP contribution in [0.3, 0.4) is 0 Å². The van der Waals surface area contributed by atoms with Crippen LogP contribution in [0.5, 0.6) is 0 Å². The van der Waals surface area contributed by atoms with Gasteiger partial charge < -0.3 is 10.6 Å². The maximum absolute atomic E-state index is 4.10. The zero-order valence-electron chi connectivity index (χ0n) is 12.1. The van der Waals surface area contributed by atoms with Gasteiger partial charge in [-0.05, 0) is 0 Å². The molecule has 0 aliphatic heterocycles. The standard InChI is InChI=1S/C4H9N.2C4H10N.W/c1-4(2,3)5;2*1-3-5-4-2;/h1-3H3;2*3-4H2,1-2H3;/q;2*-1;. The van der Waals surface area contributed by atoms with Crippen LogP contribution in [0, 0.1) is 0 Å². The van der Waals surface area contributed by atoms with E-state index in [4.69, 9.17) is 0 Å². The van der Waals surface area contributed by atoms with Crippen molar-refractivity contribution in [3.8, 4) is 0 Å². The summed E-state index contributed by atoms with van der Waals surface area (Å²) in [6.45, 7) is 18.3. The molecule has 16 heavy (non-hydrogen) atoms. The fourth-order valence-electron chi connectivity index (χ4n) is 0.447. The molecule has 0 heterocycles. The van der Waals surface area contributed by atoms with Crippen LogP contribution in [0.25, 0.3) is 10.6 Å². The van der Waals surface area contributed by atoms with Crippen molar-refractivity contribution in [3.63, 3.8) is 0 Å². The summed E-state index contributed by atoms with van der Waals surface area (Å²) in [4.78, 5) is 0. The van der Waals surface area contributed by atoms with Gasteiger partial charge in [0, 0.05) is 0 Å². The van der Waals surface area contributed by atoms with Crippen molar-refractivity contribution in [2.24, 2.45) is 3.50 Å². The summed E-state index contributed by atoms with van der Waals surface area (Å²) in [5.74, 6) is 0. The Morgan fingerprint density at radius 3 is 1.00 bits per heavy atom. The van der Waals surface area contributed by atoms with Crippen molar-refractivity contribution in [1.82, 2.24) is 0 Å². The van der Waals surface area contributed by atoms with Gasteiger partial charge in [0.2, 0.25) is 0 Å². The minimum atomic E-state index is 0.204. The van der Waals surface area contributed by atoms with Crippen LogP contribution in [0.4, 0.5) is 0 Å². The van der Waals surface area contributed by atoms with Gasteiger partial charge in [-0.15, -0.1) is 0 Å². The van der Waals surface area contributed by atoms with Gasteiger partial charge in [0.1, 0.15) is 0 Å². The fourth-order valence-corrected chi connectivity index (χ4v) is 0.447. The first kappa shape index (κ1) is 21.7. The first-order valence-electron chi connectivity index (χ1n) is 6.00. The molecular formula is C12H29N3W-2. The topological polar surface area (TPSA) is 40.6 Å². The van der Waals surface area contributed by atoms with Crippen molar-refractivity contribution >= 4 is 0 Å². The molecule has 0 aromatic heterocycles. The molecular weight excluding hydrogens is 370 g/mol. The van der Waals surface area contributed by atoms with Crippen LogP contribution >= 0.6 is 0 Å². The van der Waals surface area contributed by atoms with Crippen molar-refractivity contribution in [3.05, 3.63) is 10.6 Å². The van der Waals surface area contributed by atoms with Crippen LogP contribution in [0.15, 0.2) is 3.50 Å². The predicted molar refractivity (Wildman–Crippen MR) is 71.1 cm³/mol. The van der Waals surface area contributed by atoms with E-state index in [9.17, 15) is 0 Å². The molecule has 4 heteroatoms. The van der Waals surface area contributed by atoms with Gasteiger partial charge in [0.05, 0.1) is 0 Å². The number of hydrogen-bond donors (Lipinski definition) is 0. The summed E-state index contributed by atoms with van der Waals surface area (Å²) in [6.07, 6.45) is 0. The zero-order chi connectivity index (χ0) is 13.4. The molecule has 0 aromatic rings. The second-order valence-corrected chi connectivity index (χ2v) is 4.63. The molecule has 0 fully saturated rings. The molecule has 0 aliphatic carbocycles. The molecule has 0 spiro atoms. The Hall–Kier alpha value is 0.408. The molecule has 0 saturated carbocycles. The van der Waals surface area contributed by atoms with Crippen LogP contribution < -0.4 is 0 Å². The van der Waals surface area contributed by atoms with E-state index < -0.39 is 0 Å². The molecule has 0 aromatic carbocycles. The Morgan fingerprint density at radius 2 is 1.00 bits per heavy atom. The summed E-state index contributed by atoms with van der Waals surface area (Å²) < 4.78 is 4.10. The minimum absolute atomic E-state index is 0.204. The fraction of sp³-hybridized carbons (Fsp3) is 1.00. The predicted octanol–water partition coefficient (Wildman–Crippen LogP) is 4.32. The average Bonchev–Trinajstić information content (AvgIpc) is 2.21. The third kappa shape index (κ3) is 47.2. The monoisotopic (exact) mass is 399 g/mol. The number of nitrogens with zero attached hydrogens (tertiary/aromatic N) is 3. The van der Waals surface area contributed by atoms with Crippen LogP contribution in [-0.4, -0.2) is 31.7 Å². The SMILES string of the molecule is CC(C)(C)[N]=[W].CC[N-]CC.CC[N-]CC. The Bertz CT molecular complexity index is 112. The number of rotatable bonds is 4. The molecule has 0 rings (SSSR count). The Morgan fingerprint density at radius 1 is 0.812 bits per heavy atom. The first-order chi connectivity index (χ1) is 7.39. The van der Waals surface area contributed by atoms with Gasteiger partial charge >= 0.3 is 49.4 Å². The molecule has 0 radical (unpaired) electrons. The summed E-state index contributed by atoms with van der Waals surface area (Å²) >= 11 is 1.32. The van der Waals surface area contributed by atoms with Gasteiger partial charge in [-0.2, -0.15) is 26.2 Å². The largest absolute Gasteiger partial charge is 0.663 e. The Kier molecular flexibility index (Phi) is 24.1. The third-order valence-electron chi connectivity index (χ3n) is 1.17. The van der Waals surface area contributed by atoms with Gasteiger partial charge in [-0.25, -0.2) is 0 Å². The molecule has 0 amide bonds. The summed E-state index contributed by atoms with van der Waals surface area (Å²) in [5.41, 5.74) is 0.204. The Labute approximate surface area is 114 Å².